The van der Waals surface area contributed by atoms with Crippen LogP contribution in [-0.4, -0.2) is 20.1 Å². The molecule has 0 aliphatic rings. The predicted molar refractivity (Wildman–Crippen MR) is 88.1 cm³/mol. The van der Waals surface area contributed by atoms with Crippen LogP contribution in [0.4, 0.5) is 5.69 Å². The Bertz CT molecular complexity index is 689. The Labute approximate surface area is 138 Å². The summed E-state index contributed by atoms with van der Waals surface area (Å²) in [4.78, 5) is 12.3. The van der Waals surface area contributed by atoms with Crippen LogP contribution in [0, 0.1) is 0 Å². The number of hydrogen-bond donors (Lipinski definition) is 1. The number of nitrogens with one attached hydrogen (secondary N) is 1. The van der Waals surface area contributed by atoms with E-state index in [2.05, 4.69) is 5.32 Å². The smallest absolute Gasteiger partial charge is 0.255 e. The van der Waals surface area contributed by atoms with Gasteiger partial charge in [-0.15, -0.1) is 0 Å². The number of halogens is 2. The number of rotatable bonds is 5. The summed E-state index contributed by atoms with van der Waals surface area (Å²) in [7, 11) is 3.15. The minimum atomic E-state index is -0.274. The highest BCUT2D eigenvalue weighted by molar-refractivity contribution is 6.36. The molecule has 2 aromatic rings. The summed E-state index contributed by atoms with van der Waals surface area (Å²) in [6.45, 7) is 0.353. The number of anilines is 1. The molecule has 0 aromatic heterocycles. The van der Waals surface area contributed by atoms with Crippen molar-refractivity contribution < 1.29 is 14.3 Å². The first-order valence-electron chi connectivity index (χ1n) is 6.47. The average Bonchev–Trinajstić information content (AvgIpc) is 2.50. The van der Waals surface area contributed by atoms with E-state index in [1.807, 2.05) is 0 Å². The van der Waals surface area contributed by atoms with Gasteiger partial charge in [0.05, 0.1) is 24.4 Å². The van der Waals surface area contributed by atoms with Gasteiger partial charge < -0.3 is 14.8 Å². The van der Waals surface area contributed by atoms with Gasteiger partial charge in [-0.25, -0.2) is 0 Å². The molecular weight excluding hydrogens is 325 g/mol. The highest BCUT2D eigenvalue weighted by Gasteiger charge is 2.12. The van der Waals surface area contributed by atoms with Crippen molar-refractivity contribution in [2.45, 2.75) is 6.61 Å². The minimum Gasteiger partial charge on any atom is -0.496 e. The van der Waals surface area contributed by atoms with Crippen molar-refractivity contribution in [3.63, 3.8) is 0 Å². The summed E-state index contributed by atoms with van der Waals surface area (Å²) in [6.07, 6.45) is 0. The van der Waals surface area contributed by atoms with Crippen LogP contribution in [0.1, 0.15) is 15.9 Å². The Kier molecular flexibility index (Phi) is 5.66. The number of amides is 1. The van der Waals surface area contributed by atoms with Crippen molar-refractivity contribution >= 4 is 34.8 Å². The summed E-state index contributed by atoms with van der Waals surface area (Å²) in [5.74, 6) is 0.396. The van der Waals surface area contributed by atoms with Gasteiger partial charge >= 0.3 is 0 Å². The Morgan fingerprint density at radius 3 is 2.55 bits per heavy atom. The molecule has 1 amide bonds. The lowest BCUT2D eigenvalue weighted by Gasteiger charge is -2.11. The van der Waals surface area contributed by atoms with Crippen molar-refractivity contribution in [3.05, 3.63) is 57.6 Å². The monoisotopic (exact) mass is 339 g/mol. The van der Waals surface area contributed by atoms with E-state index in [0.717, 1.165) is 5.56 Å². The zero-order valence-electron chi connectivity index (χ0n) is 12.2. The highest BCUT2D eigenvalue weighted by Crippen LogP contribution is 2.26. The topological polar surface area (TPSA) is 47.6 Å². The summed E-state index contributed by atoms with van der Waals surface area (Å²) < 4.78 is 10.3. The summed E-state index contributed by atoms with van der Waals surface area (Å²) >= 11 is 11.9. The fourth-order valence-electron chi connectivity index (χ4n) is 1.97. The van der Waals surface area contributed by atoms with Crippen LogP contribution < -0.4 is 10.1 Å². The first kappa shape index (κ1) is 16.6. The Morgan fingerprint density at radius 2 is 1.91 bits per heavy atom. The molecule has 2 aromatic carbocycles. The maximum absolute atomic E-state index is 12.3. The van der Waals surface area contributed by atoms with Gasteiger partial charge in [0.1, 0.15) is 5.75 Å². The van der Waals surface area contributed by atoms with E-state index in [9.17, 15) is 4.79 Å². The molecule has 0 atom stereocenters. The summed E-state index contributed by atoms with van der Waals surface area (Å²) in [5.41, 5.74) is 1.78. The van der Waals surface area contributed by atoms with Crippen LogP contribution in [0.5, 0.6) is 5.75 Å². The second kappa shape index (κ2) is 7.49. The van der Waals surface area contributed by atoms with Gasteiger partial charge in [-0.05, 0) is 36.4 Å². The van der Waals surface area contributed by atoms with Crippen LogP contribution >= 0.6 is 23.2 Å². The molecule has 0 radical (unpaired) electrons. The first-order valence-corrected chi connectivity index (χ1v) is 7.23. The van der Waals surface area contributed by atoms with Crippen molar-refractivity contribution in [1.29, 1.82) is 0 Å². The van der Waals surface area contributed by atoms with Gasteiger partial charge in [0.25, 0.3) is 5.91 Å². The lowest BCUT2D eigenvalue weighted by molar-refractivity contribution is 0.102. The Morgan fingerprint density at radius 1 is 1.14 bits per heavy atom. The van der Waals surface area contributed by atoms with Crippen molar-refractivity contribution in [1.82, 2.24) is 0 Å². The lowest BCUT2D eigenvalue weighted by Crippen LogP contribution is -2.13. The number of hydrogen-bond acceptors (Lipinski definition) is 3. The second-order valence-corrected chi connectivity index (χ2v) is 5.38. The fourth-order valence-corrected chi connectivity index (χ4v) is 2.43. The maximum Gasteiger partial charge on any atom is 0.255 e. The van der Waals surface area contributed by atoms with Gasteiger partial charge in [-0.2, -0.15) is 0 Å². The van der Waals surface area contributed by atoms with Crippen molar-refractivity contribution in [3.8, 4) is 5.75 Å². The molecule has 6 heteroatoms. The van der Waals surface area contributed by atoms with Crippen LogP contribution in [0.3, 0.4) is 0 Å². The second-order valence-electron chi connectivity index (χ2n) is 4.54. The molecule has 0 bridgehead atoms. The normalized spacial score (nSPS) is 10.4. The van der Waals surface area contributed by atoms with Gasteiger partial charge in [-0.3, -0.25) is 4.79 Å². The average molecular weight is 340 g/mol. The molecule has 0 saturated carbocycles. The summed E-state index contributed by atoms with van der Waals surface area (Å²) in [5, 5.41) is 3.64. The zero-order valence-corrected chi connectivity index (χ0v) is 13.7. The van der Waals surface area contributed by atoms with E-state index >= 15 is 0 Å². The third-order valence-electron chi connectivity index (χ3n) is 3.02. The molecule has 2 rings (SSSR count). The van der Waals surface area contributed by atoms with Crippen LogP contribution in [0.15, 0.2) is 36.4 Å². The Hall–Kier alpha value is -1.75. The molecule has 0 unspecified atom stereocenters. The van der Waals surface area contributed by atoms with Gasteiger partial charge in [0, 0.05) is 23.3 Å². The molecule has 4 nitrogen and oxygen atoms in total. The third-order valence-corrected chi connectivity index (χ3v) is 3.57. The molecule has 0 heterocycles. The summed E-state index contributed by atoms with van der Waals surface area (Å²) in [6, 6.07) is 10.0. The molecule has 0 spiro atoms. The van der Waals surface area contributed by atoms with E-state index in [1.54, 1.807) is 50.6 Å². The van der Waals surface area contributed by atoms with Crippen LogP contribution in [0.2, 0.25) is 10.0 Å². The molecule has 116 valence electrons. The number of carbonyl (C=O) groups is 1. The number of ether oxygens (including phenoxy) is 2. The highest BCUT2D eigenvalue weighted by atomic mass is 35.5. The quantitative estimate of drug-likeness (QED) is 0.878. The van der Waals surface area contributed by atoms with Gasteiger partial charge in [-0.1, -0.05) is 23.2 Å². The molecule has 22 heavy (non-hydrogen) atoms. The molecule has 0 aliphatic heterocycles. The van der Waals surface area contributed by atoms with E-state index in [1.165, 1.54) is 0 Å². The van der Waals surface area contributed by atoms with E-state index in [4.69, 9.17) is 32.7 Å². The van der Waals surface area contributed by atoms with Crippen molar-refractivity contribution in [2.24, 2.45) is 0 Å². The molecule has 0 aliphatic carbocycles. The van der Waals surface area contributed by atoms with E-state index < -0.39 is 0 Å². The van der Waals surface area contributed by atoms with E-state index in [-0.39, 0.29) is 5.91 Å². The standard InChI is InChI=1S/C16H15Cl2NO3/c1-21-9-11-7-10(3-6-15(11)22-2)16(20)19-14-5-4-12(17)8-13(14)18/h3-8H,9H2,1-2H3,(H,19,20). The fraction of sp³-hybridized carbons (Fsp3) is 0.188. The Balaban J connectivity index is 2.23. The SMILES string of the molecule is COCc1cc(C(=O)Nc2ccc(Cl)cc2Cl)ccc1OC. The maximum atomic E-state index is 12.3. The molecule has 0 saturated heterocycles. The van der Waals surface area contributed by atoms with Gasteiger partial charge in [0.2, 0.25) is 0 Å². The predicted octanol–water partition coefficient (Wildman–Crippen LogP) is 4.40. The first-order chi connectivity index (χ1) is 10.5. The zero-order chi connectivity index (χ0) is 16.1. The van der Waals surface area contributed by atoms with Crippen LogP contribution in [0.25, 0.3) is 0 Å². The van der Waals surface area contributed by atoms with E-state index in [0.29, 0.717) is 33.7 Å². The van der Waals surface area contributed by atoms with Crippen LogP contribution in [-0.2, 0) is 11.3 Å². The number of methoxy groups -OCH3 is 2. The number of carbonyl (C=O) groups excluding carboxylic acids is 1. The third kappa shape index (κ3) is 3.91. The van der Waals surface area contributed by atoms with Gasteiger partial charge in [0.15, 0.2) is 0 Å². The van der Waals surface area contributed by atoms with Crippen molar-refractivity contribution in [2.75, 3.05) is 19.5 Å². The molecular formula is C16H15Cl2NO3. The molecule has 0 fully saturated rings. The lowest BCUT2D eigenvalue weighted by atomic mass is 10.1. The minimum absolute atomic E-state index is 0.274. The molecule has 1 N–H and O–H groups in total. The largest absolute Gasteiger partial charge is 0.496 e. The number of benzene rings is 2.